The molecule has 5 heterocycles. The number of anilines is 2. The number of fused-ring (bicyclic) bond motifs is 1. The molecule has 2 atom stereocenters. The summed E-state index contributed by atoms with van der Waals surface area (Å²) in [5, 5.41) is 4.04. The van der Waals surface area contributed by atoms with E-state index in [1.54, 1.807) is 12.6 Å². The van der Waals surface area contributed by atoms with Gasteiger partial charge in [-0.25, -0.2) is 9.97 Å². The predicted octanol–water partition coefficient (Wildman–Crippen LogP) is 0.556. The highest BCUT2D eigenvalue weighted by Gasteiger charge is 2.38. The van der Waals surface area contributed by atoms with Crippen molar-refractivity contribution in [2.24, 2.45) is 5.73 Å². The number of rotatable bonds is 3. The third-order valence-electron chi connectivity index (χ3n) is 6.09. The van der Waals surface area contributed by atoms with Crippen LogP contribution in [-0.4, -0.2) is 64.2 Å². The summed E-state index contributed by atoms with van der Waals surface area (Å²) in [5.74, 6) is 1.99. The van der Waals surface area contributed by atoms with Crippen LogP contribution in [0.2, 0.25) is 0 Å². The summed E-state index contributed by atoms with van der Waals surface area (Å²) >= 11 is 0. The molecule has 3 aliphatic rings. The van der Waals surface area contributed by atoms with Crippen molar-refractivity contribution < 1.29 is 9.32 Å². The maximum atomic E-state index is 12.3. The molecule has 0 radical (unpaired) electrons. The SMILES string of the molecule is N[C@@H]1CN(c2cc(N3CCc4nocc4C3)ncn2)C[C@@H]1N1CCCCC1=O. The zero-order chi connectivity index (χ0) is 19.1. The standard InChI is InChI=1S/C19H25N7O2/c20-14-9-25(10-16(14)26-5-2-1-3-19(26)27)18-7-17(21-12-22-18)24-6-4-15-13(8-24)11-28-23-15/h7,11-12,14,16H,1-6,8-10,20H2/t14-,16+/m1/s1. The van der Waals surface area contributed by atoms with E-state index in [4.69, 9.17) is 10.3 Å². The molecule has 0 bridgehead atoms. The largest absolute Gasteiger partial charge is 0.364 e. The van der Waals surface area contributed by atoms with Crippen molar-refractivity contribution in [1.29, 1.82) is 0 Å². The molecule has 2 aromatic heterocycles. The predicted molar refractivity (Wildman–Crippen MR) is 103 cm³/mol. The van der Waals surface area contributed by atoms with Gasteiger partial charge < -0.3 is 25.0 Å². The first kappa shape index (κ1) is 17.4. The number of carbonyl (C=O) groups is 1. The molecule has 0 unspecified atom stereocenters. The monoisotopic (exact) mass is 383 g/mol. The molecule has 0 saturated carbocycles. The van der Waals surface area contributed by atoms with E-state index < -0.39 is 0 Å². The molecule has 148 valence electrons. The lowest BCUT2D eigenvalue weighted by atomic mass is 10.1. The average Bonchev–Trinajstić information content (AvgIpc) is 3.34. The van der Waals surface area contributed by atoms with Crippen LogP contribution in [0.5, 0.6) is 0 Å². The zero-order valence-electron chi connectivity index (χ0n) is 15.8. The van der Waals surface area contributed by atoms with Crippen molar-refractivity contribution >= 4 is 17.5 Å². The minimum Gasteiger partial charge on any atom is -0.364 e. The Morgan fingerprint density at radius 2 is 1.93 bits per heavy atom. The van der Waals surface area contributed by atoms with Gasteiger partial charge in [-0.15, -0.1) is 0 Å². The van der Waals surface area contributed by atoms with Crippen molar-refractivity contribution in [1.82, 2.24) is 20.0 Å². The lowest BCUT2D eigenvalue weighted by molar-refractivity contribution is -0.135. The normalized spacial score (nSPS) is 25.3. The van der Waals surface area contributed by atoms with Gasteiger partial charge in [-0.3, -0.25) is 4.79 Å². The Balaban J connectivity index is 1.32. The van der Waals surface area contributed by atoms with Crippen molar-refractivity contribution in [2.75, 3.05) is 36.0 Å². The number of nitrogens with zero attached hydrogens (tertiary/aromatic N) is 6. The molecule has 2 N–H and O–H groups in total. The van der Waals surface area contributed by atoms with E-state index in [9.17, 15) is 4.79 Å². The van der Waals surface area contributed by atoms with Gasteiger partial charge in [0, 0.05) is 63.2 Å². The summed E-state index contributed by atoms with van der Waals surface area (Å²) in [6, 6.07) is 2.02. The van der Waals surface area contributed by atoms with E-state index in [-0.39, 0.29) is 18.0 Å². The van der Waals surface area contributed by atoms with E-state index in [1.165, 1.54) is 0 Å². The molecule has 3 aliphatic heterocycles. The van der Waals surface area contributed by atoms with Gasteiger partial charge in [0.2, 0.25) is 5.91 Å². The molecule has 2 fully saturated rings. The molecular formula is C19H25N7O2. The highest BCUT2D eigenvalue weighted by Crippen LogP contribution is 2.27. The number of hydrogen-bond acceptors (Lipinski definition) is 8. The Kier molecular flexibility index (Phi) is 4.38. The number of amides is 1. The summed E-state index contributed by atoms with van der Waals surface area (Å²) in [5.41, 5.74) is 8.56. The van der Waals surface area contributed by atoms with E-state index >= 15 is 0 Å². The van der Waals surface area contributed by atoms with Crippen LogP contribution in [0, 0.1) is 0 Å². The minimum atomic E-state index is -0.0602. The molecule has 28 heavy (non-hydrogen) atoms. The van der Waals surface area contributed by atoms with Crippen molar-refractivity contribution in [3.8, 4) is 0 Å². The maximum Gasteiger partial charge on any atom is 0.222 e. The Morgan fingerprint density at radius 3 is 2.79 bits per heavy atom. The quantitative estimate of drug-likeness (QED) is 0.820. The van der Waals surface area contributed by atoms with Gasteiger partial charge in [0.15, 0.2) is 0 Å². The molecule has 2 saturated heterocycles. The first-order valence-electron chi connectivity index (χ1n) is 9.98. The molecule has 0 aromatic carbocycles. The van der Waals surface area contributed by atoms with Crippen LogP contribution in [0.25, 0.3) is 0 Å². The molecule has 2 aromatic rings. The van der Waals surface area contributed by atoms with Crippen LogP contribution < -0.4 is 15.5 Å². The Morgan fingerprint density at radius 1 is 1.07 bits per heavy atom. The summed E-state index contributed by atoms with van der Waals surface area (Å²) in [7, 11) is 0. The van der Waals surface area contributed by atoms with Crippen LogP contribution in [0.1, 0.15) is 30.5 Å². The lowest BCUT2D eigenvalue weighted by Crippen LogP contribution is -2.51. The second-order valence-electron chi connectivity index (χ2n) is 7.87. The number of aromatic nitrogens is 3. The fourth-order valence-electron chi connectivity index (χ4n) is 4.53. The first-order chi connectivity index (χ1) is 13.7. The molecule has 0 spiro atoms. The number of hydrogen-bond donors (Lipinski definition) is 1. The Hall–Kier alpha value is -2.68. The second-order valence-corrected chi connectivity index (χ2v) is 7.87. The smallest absolute Gasteiger partial charge is 0.222 e. The summed E-state index contributed by atoms with van der Waals surface area (Å²) < 4.78 is 5.08. The third kappa shape index (κ3) is 3.09. The topological polar surface area (TPSA) is 105 Å². The number of carbonyl (C=O) groups excluding carboxylic acids is 1. The first-order valence-corrected chi connectivity index (χ1v) is 9.98. The van der Waals surface area contributed by atoms with Crippen molar-refractivity contribution in [3.63, 3.8) is 0 Å². The van der Waals surface area contributed by atoms with Crippen LogP contribution in [0.15, 0.2) is 23.2 Å². The van der Waals surface area contributed by atoms with Gasteiger partial charge in [0.05, 0.1) is 11.7 Å². The van der Waals surface area contributed by atoms with E-state index in [0.717, 1.165) is 68.3 Å². The minimum absolute atomic E-state index is 0.0563. The van der Waals surface area contributed by atoms with Crippen LogP contribution in [-0.2, 0) is 17.8 Å². The van der Waals surface area contributed by atoms with Crippen molar-refractivity contribution in [3.05, 3.63) is 29.9 Å². The Bertz CT molecular complexity index is 869. The van der Waals surface area contributed by atoms with E-state index in [2.05, 4.69) is 24.9 Å². The third-order valence-corrected chi connectivity index (χ3v) is 6.09. The fraction of sp³-hybridized carbons (Fsp3) is 0.579. The van der Waals surface area contributed by atoms with Crippen LogP contribution >= 0.6 is 0 Å². The zero-order valence-corrected chi connectivity index (χ0v) is 15.8. The molecule has 0 aliphatic carbocycles. The molecule has 9 nitrogen and oxygen atoms in total. The van der Waals surface area contributed by atoms with E-state index in [0.29, 0.717) is 13.0 Å². The van der Waals surface area contributed by atoms with Crippen LogP contribution in [0.3, 0.4) is 0 Å². The number of nitrogens with two attached hydrogens (primary N) is 1. The molecule has 9 heteroatoms. The van der Waals surface area contributed by atoms with Crippen molar-refractivity contribution in [2.45, 2.75) is 44.3 Å². The van der Waals surface area contributed by atoms with Gasteiger partial charge in [0.1, 0.15) is 24.2 Å². The molecule has 5 rings (SSSR count). The fourth-order valence-corrected chi connectivity index (χ4v) is 4.53. The van der Waals surface area contributed by atoms with E-state index in [1.807, 2.05) is 11.0 Å². The number of piperidine rings is 1. The maximum absolute atomic E-state index is 12.3. The second kappa shape index (κ2) is 7.05. The molecular weight excluding hydrogens is 358 g/mol. The highest BCUT2D eigenvalue weighted by molar-refractivity contribution is 5.77. The van der Waals surface area contributed by atoms with Gasteiger partial charge in [-0.2, -0.15) is 0 Å². The summed E-state index contributed by atoms with van der Waals surface area (Å²) in [6.45, 7) is 3.81. The van der Waals surface area contributed by atoms with Gasteiger partial charge >= 0.3 is 0 Å². The van der Waals surface area contributed by atoms with Gasteiger partial charge in [0.25, 0.3) is 0 Å². The lowest BCUT2D eigenvalue weighted by Gasteiger charge is -2.34. The summed E-state index contributed by atoms with van der Waals surface area (Å²) in [4.78, 5) is 27.6. The average molecular weight is 383 g/mol. The highest BCUT2D eigenvalue weighted by atomic mass is 16.5. The number of likely N-dealkylation sites (tertiary alicyclic amines) is 1. The molecule has 1 amide bonds. The van der Waals surface area contributed by atoms with Gasteiger partial charge in [-0.1, -0.05) is 5.16 Å². The Labute approximate surface area is 163 Å². The summed E-state index contributed by atoms with van der Waals surface area (Å²) in [6.07, 6.45) is 6.86. The van der Waals surface area contributed by atoms with Crippen LogP contribution in [0.4, 0.5) is 11.6 Å². The van der Waals surface area contributed by atoms with Gasteiger partial charge in [-0.05, 0) is 12.8 Å².